The van der Waals surface area contributed by atoms with E-state index in [1.807, 2.05) is 26.0 Å². The number of rotatable bonds is 2. The van der Waals surface area contributed by atoms with Gasteiger partial charge in [0, 0.05) is 23.4 Å². The number of aromatic nitrogens is 1. The Morgan fingerprint density at radius 3 is 2.68 bits per heavy atom. The molecule has 0 saturated heterocycles. The summed E-state index contributed by atoms with van der Waals surface area (Å²) in [4.78, 5) is 4.40. The lowest BCUT2D eigenvalue weighted by atomic mass is 9.96. The van der Waals surface area contributed by atoms with E-state index in [9.17, 15) is 0 Å². The van der Waals surface area contributed by atoms with Gasteiger partial charge in [0.15, 0.2) is 0 Å². The predicted octanol–water partition coefficient (Wildman–Crippen LogP) is 2.68. The van der Waals surface area contributed by atoms with Gasteiger partial charge in [-0.05, 0) is 37.1 Å². The third-order valence-electron chi connectivity index (χ3n) is 3.54. The average Bonchev–Trinajstić information content (AvgIpc) is 2.84. The van der Waals surface area contributed by atoms with Crippen molar-refractivity contribution in [3.05, 3.63) is 58.4 Å². The molecule has 2 N–H and O–H groups in total. The molecule has 1 aliphatic heterocycles. The van der Waals surface area contributed by atoms with E-state index in [1.54, 1.807) is 0 Å². The smallest absolute Gasteiger partial charge is 0.127 e. The van der Waals surface area contributed by atoms with Crippen LogP contribution in [0.25, 0.3) is 0 Å². The third kappa shape index (κ3) is 2.22. The zero-order valence-electron chi connectivity index (χ0n) is 11.3. The number of para-hydroxylation sites is 1. The van der Waals surface area contributed by atoms with E-state index in [4.69, 9.17) is 10.5 Å². The lowest BCUT2D eigenvalue weighted by molar-refractivity contribution is 0.352. The summed E-state index contributed by atoms with van der Waals surface area (Å²) in [6.07, 6.45) is 0.976. The molecule has 3 heteroatoms. The molecule has 1 aromatic heterocycles. The van der Waals surface area contributed by atoms with Crippen molar-refractivity contribution in [2.75, 3.05) is 6.61 Å². The molecule has 1 aromatic carbocycles. The van der Waals surface area contributed by atoms with Crippen LogP contribution < -0.4 is 10.5 Å². The summed E-state index contributed by atoms with van der Waals surface area (Å²) in [6, 6.07) is 10.2. The Balaban J connectivity index is 2.04. The highest BCUT2D eigenvalue weighted by atomic mass is 16.5. The fourth-order valence-corrected chi connectivity index (χ4v) is 2.71. The van der Waals surface area contributed by atoms with Crippen LogP contribution in [-0.2, 0) is 6.42 Å². The zero-order chi connectivity index (χ0) is 13.4. The Morgan fingerprint density at radius 1 is 1.21 bits per heavy atom. The molecular weight excluding hydrogens is 236 g/mol. The van der Waals surface area contributed by atoms with Crippen LogP contribution in [0.4, 0.5) is 0 Å². The van der Waals surface area contributed by atoms with E-state index in [0.29, 0.717) is 0 Å². The van der Waals surface area contributed by atoms with E-state index in [0.717, 1.165) is 41.3 Å². The van der Waals surface area contributed by atoms with Crippen LogP contribution in [0.15, 0.2) is 30.3 Å². The topological polar surface area (TPSA) is 48.1 Å². The highest BCUT2D eigenvalue weighted by Crippen LogP contribution is 2.35. The number of nitrogens with two attached hydrogens (primary N) is 1. The fourth-order valence-electron chi connectivity index (χ4n) is 2.71. The number of nitrogens with zero attached hydrogens (tertiary/aromatic N) is 1. The minimum atomic E-state index is -0.159. The van der Waals surface area contributed by atoms with Gasteiger partial charge in [0.2, 0.25) is 0 Å². The minimum Gasteiger partial charge on any atom is -0.493 e. The van der Waals surface area contributed by atoms with Crippen molar-refractivity contribution >= 4 is 0 Å². The van der Waals surface area contributed by atoms with Crippen LogP contribution in [0.5, 0.6) is 5.75 Å². The maximum absolute atomic E-state index is 6.42. The number of hydrogen-bond acceptors (Lipinski definition) is 3. The van der Waals surface area contributed by atoms with Crippen molar-refractivity contribution in [3.63, 3.8) is 0 Å². The molecular formula is C16H18N2O. The van der Waals surface area contributed by atoms with Crippen LogP contribution in [0.2, 0.25) is 0 Å². The molecule has 98 valence electrons. The van der Waals surface area contributed by atoms with E-state index in [-0.39, 0.29) is 6.04 Å². The molecule has 19 heavy (non-hydrogen) atoms. The number of fused-ring (bicyclic) bond motifs is 1. The number of aryl methyl sites for hydroxylation is 2. The molecule has 1 unspecified atom stereocenters. The first kappa shape index (κ1) is 12.2. The van der Waals surface area contributed by atoms with Gasteiger partial charge in [-0.25, -0.2) is 0 Å². The average molecular weight is 254 g/mol. The standard InChI is InChI=1S/C16H18N2O/c1-10-8-13(9-11(2)18-10)15(17)14-5-3-4-12-6-7-19-16(12)14/h3-5,8-9,15H,6-7,17H2,1-2H3. The maximum atomic E-state index is 6.42. The number of hydrogen-bond donors (Lipinski definition) is 1. The highest BCUT2D eigenvalue weighted by molar-refractivity contribution is 5.48. The Morgan fingerprint density at radius 2 is 1.95 bits per heavy atom. The number of ether oxygens (including phenoxy) is 1. The SMILES string of the molecule is Cc1cc(C(N)c2cccc3c2OCC3)cc(C)n1. The van der Waals surface area contributed by atoms with Gasteiger partial charge in [-0.1, -0.05) is 18.2 Å². The zero-order valence-corrected chi connectivity index (χ0v) is 11.3. The molecule has 0 radical (unpaired) electrons. The lowest BCUT2D eigenvalue weighted by Crippen LogP contribution is -2.13. The van der Waals surface area contributed by atoms with Crippen LogP contribution in [0.3, 0.4) is 0 Å². The summed E-state index contributed by atoms with van der Waals surface area (Å²) in [6.45, 7) is 4.75. The van der Waals surface area contributed by atoms with Crippen LogP contribution in [0.1, 0.15) is 34.1 Å². The van der Waals surface area contributed by atoms with Gasteiger partial charge in [-0.2, -0.15) is 0 Å². The van der Waals surface area contributed by atoms with Crippen molar-refractivity contribution in [3.8, 4) is 5.75 Å². The third-order valence-corrected chi connectivity index (χ3v) is 3.54. The van der Waals surface area contributed by atoms with Gasteiger partial charge in [0.1, 0.15) is 5.75 Å². The molecule has 0 saturated carbocycles. The van der Waals surface area contributed by atoms with Crippen LogP contribution in [-0.4, -0.2) is 11.6 Å². The number of benzene rings is 1. The second-order valence-electron chi connectivity index (χ2n) is 5.09. The van der Waals surface area contributed by atoms with Crippen molar-refractivity contribution in [1.29, 1.82) is 0 Å². The quantitative estimate of drug-likeness (QED) is 0.896. The summed E-state index contributed by atoms with van der Waals surface area (Å²) in [5, 5.41) is 0. The first-order valence-corrected chi connectivity index (χ1v) is 6.60. The Kier molecular flexibility index (Phi) is 2.99. The van der Waals surface area contributed by atoms with Gasteiger partial charge < -0.3 is 10.5 Å². The molecule has 0 spiro atoms. The summed E-state index contributed by atoms with van der Waals surface area (Å²) < 4.78 is 5.74. The van der Waals surface area contributed by atoms with Gasteiger partial charge in [0.25, 0.3) is 0 Å². The second-order valence-corrected chi connectivity index (χ2v) is 5.09. The normalized spacial score (nSPS) is 14.9. The molecule has 1 atom stereocenters. The molecule has 0 aliphatic carbocycles. The van der Waals surface area contributed by atoms with Gasteiger partial charge in [0.05, 0.1) is 12.6 Å². The summed E-state index contributed by atoms with van der Waals surface area (Å²) in [5.41, 5.74) is 11.8. The first-order chi connectivity index (χ1) is 9.15. The van der Waals surface area contributed by atoms with Gasteiger partial charge >= 0.3 is 0 Å². The fraction of sp³-hybridized carbons (Fsp3) is 0.312. The molecule has 0 fully saturated rings. The van der Waals surface area contributed by atoms with Crippen molar-refractivity contribution < 1.29 is 4.74 Å². The van der Waals surface area contributed by atoms with E-state index < -0.39 is 0 Å². The minimum absolute atomic E-state index is 0.159. The summed E-state index contributed by atoms with van der Waals surface area (Å²) in [5.74, 6) is 0.974. The van der Waals surface area contributed by atoms with Gasteiger partial charge in [-0.3, -0.25) is 4.98 Å². The molecule has 3 rings (SSSR count). The Bertz CT molecular complexity index is 602. The molecule has 0 bridgehead atoms. The van der Waals surface area contributed by atoms with Gasteiger partial charge in [-0.15, -0.1) is 0 Å². The maximum Gasteiger partial charge on any atom is 0.127 e. The molecule has 3 nitrogen and oxygen atoms in total. The highest BCUT2D eigenvalue weighted by Gasteiger charge is 2.21. The molecule has 2 heterocycles. The van der Waals surface area contributed by atoms with Crippen molar-refractivity contribution in [2.45, 2.75) is 26.3 Å². The Hall–Kier alpha value is -1.87. The second kappa shape index (κ2) is 4.67. The van der Waals surface area contributed by atoms with E-state index >= 15 is 0 Å². The van der Waals surface area contributed by atoms with Crippen LogP contribution >= 0.6 is 0 Å². The Labute approximate surface area is 113 Å². The lowest BCUT2D eigenvalue weighted by Gasteiger charge is -2.16. The summed E-state index contributed by atoms with van der Waals surface area (Å²) >= 11 is 0. The molecule has 2 aromatic rings. The molecule has 1 aliphatic rings. The number of pyridine rings is 1. The van der Waals surface area contributed by atoms with Crippen molar-refractivity contribution in [2.24, 2.45) is 5.73 Å². The monoisotopic (exact) mass is 254 g/mol. The first-order valence-electron chi connectivity index (χ1n) is 6.60. The molecule has 0 amide bonds. The predicted molar refractivity (Wildman–Crippen MR) is 75.4 cm³/mol. The van der Waals surface area contributed by atoms with E-state index in [2.05, 4.69) is 23.2 Å². The largest absolute Gasteiger partial charge is 0.493 e. The van der Waals surface area contributed by atoms with Crippen molar-refractivity contribution in [1.82, 2.24) is 4.98 Å². The van der Waals surface area contributed by atoms with Crippen LogP contribution in [0, 0.1) is 13.8 Å². The van der Waals surface area contributed by atoms with E-state index in [1.165, 1.54) is 5.56 Å². The summed E-state index contributed by atoms with van der Waals surface area (Å²) in [7, 11) is 0.